The van der Waals surface area contributed by atoms with Crippen LogP contribution in [0.15, 0.2) is 76.9 Å². The minimum Gasteiger partial charge on any atom is -0.480 e. The molecule has 296 valence electrons. The Morgan fingerprint density at radius 1 is 0.965 bits per heavy atom. The van der Waals surface area contributed by atoms with Crippen molar-refractivity contribution in [2.24, 2.45) is 0 Å². The number of amides is 2. The highest BCUT2D eigenvalue weighted by atomic mass is 33.1. The molecule has 1 aliphatic heterocycles. The molecule has 3 atom stereocenters. The fraction of sp³-hybridized carbons (Fsp3) is 0.316. The third-order valence-electron chi connectivity index (χ3n) is 9.23. The van der Waals surface area contributed by atoms with E-state index in [1.807, 2.05) is 6.07 Å². The van der Waals surface area contributed by atoms with Crippen molar-refractivity contribution in [2.75, 3.05) is 24.3 Å². The summed E-state index contributed by atoms with van der Waals surface area (Å²) in [5, 5.41) is 25.2. The lowest BCUT2D eigenvalue weighted by atomic mass is 9.99. The average Bonchev–Trinajstić information content (AvgIpc) is 3.74. The minimum atomic E-state index is -1.44. The number of anilines is 2. The van der Waals surface area contributed by atoms with Crippen LogP contribution >= 0.6 is 21.6 Å². The summed E-state index contributed by atoms with van der Waals surface area (Å²) < 4.78 is 5.65. The van der Waals surface area contributed by atoms with E-state index in [9.17, 15) is 39.0 Å². The van der Waals surface area contributed by atoms with Crippen molar-refractivity contribution in [3.63, 3.8) is 0 Å². The summed E-state index contributed by atoms with van der Waals surface area (Å²) in [6, 6.07) is 10.5. The number of Topliss-reactive ketones (excluding diaryl/α,β-unsaturated/α-hetero) is 1. The largest absolute Gasteiger partial charge is 0.480 e. The maximum Gasteiger partial charge on any atom is 0.327 e. The Bertz CT molecular complexity index is 2360. The maximum absolute atomic E-state index is 13.1. The van der Waals surface area contributed by atoms with E-state index in [1.165, 1.54) is 46.2 Å². The number of pyridine rings is 1. The number of aromatic nitrogens is 5. The highest BCUT2D eigenvalue weighted by Gasteiger charge is 2.25. The number of nitrogens with zero attached hydrogens (tertiary/aromatic N) is 5. The molecule has 17 nitrogen and oxygen atoms in total. The topological polar surface area (TPSA) is 247 Å². The molecule has 2 unspecified atom stereocenters. The normalized spacial score (nSPS) is 14.9. The van der Waals surface area contributed by atoms with Crippen LogP contribution in [0.1, 0.15) is 59.2 Å². The molecule has 0 saturated carbocycles. The zero-order valence-electron chi connectivity index (χ0n) is 30.5. The summed E-state index contributed by atoms with van der Waals surface area (Å²) in [5.74, 6) is -3.74. The molecule has 2 amide bonds. The number of aromatic amines is 1. The van der Waals surface area contributed by atoms with E-state index >= 15 is 0 Å². The zero-order chi connectivity index (χ0) is 40.5. The zero-order valence-corrected chi connectivity index (χ0v) is 32.2. The van der Waals surface area contributed by atoms with E-state index in [0.29, 0.717) is 40.8 Å². The fourth-order valence-corrected chi connectivity index (χ4v) is 8.43. The van der Waals surface area contributed by atoms with Crippen molar-refractivity contribution < 1.29 is 38.9 Å². The van der Waals surface area contributed by atoms with Crippen LogP contribution in [0.25, 0.3) is 22.1 Å². The van der Waals surface area contributed by atoms with Gasteiger partial charge in [0.2, 0.25) is 5.91 Å². The molecule has 4 heterocycles. The van der Waals surface area contributed by atoms with Crippen LogP contribution in [0.2, 0.25) is 0 Å². The van der Waals surface area contributed by atoms with Gasteiger partial charge in [0.1, 0.15) is 12.1 Å². The van der Waals surface area contributed by atoms with Crippen molar-refractivity contribution in [1.29, 1.82) is 0 Å². The molecule has 19 heteroatoms. The molecule has 57 heavy (non-hydrogen) atoms. The fourth-order valence-electron chi connectivity index (χ4n) is 6.11. The van der Waals surface area contributed by atoms with E-state index in [0.717, 1.165) is 24.3 Å². The van der Waals surface area contributed by atoms with Gasteiger partial charge >= 0.3 is 11.9 Å². The van der Waals surface area contributed by atoms with Gasteiger partial charge in [0.15, 0.2) is 22.8 Å². The lowest BCUT2D eigenvalue weighted by molar-refractivity contribution is -0.142. The number of nitrogens with one attached hydrogen (secondary N) is 3. The Hall–Kier alpha value is -5.92. The molecule has 1 aliphatic rings. The Labute approximate surface area is 332 Å². The van der Waals surface area contributed by atoms with Crippen LogP contribution in [0, 0.1) is 0 Å². The summed E-state index contributed by atoms with van der Waals surface area (Å²) >= 11 is 0. The van der Waals surface area contributed by atoms with E-state index in [1.54, 1.807) is 48.5 Å². The molecule has 5 aromatic rings. The molecule has 2 aromatic carbocycles. The van der Waals surface area contributed by atoms with Gasteiger partial charge in [-0.3, -0.25) is 24.2 Å². The molecule has 0 aliphatic carbocycles. The third kappa shape index (κ3) is 10.3. The number of hydrogen-bond donors (Lipinski definition) is 5. The van der Waals surface area contributed by atoms with Crippen molar-refractivity contribution in [1.82, 2.24) is 35.6 Å². The van der Waals surface area contributed by atoms with Crippen molar-refractivity contribution in [2.45, 2.75) is 61.6 Å². The predicted molar refractivity (Wildman–Crippen MR) is 213 cm³/mol. The molecule has 0 bridgehead atoms. The first kappa shape index (κ1) is 40.7. The average molecular weight is 815 g/mol. The molecule has 1 fully saturated rings. The highest BCUT2D eigenvalue weighted by Crippen LogP contribution is 2.37. The number of H-pyrrole nitrogens is 1. The summed E-state index contributed by atoms with van der Waals surface area (Å²) in [4.78, 5) is 96.8. The monoisotopic (exact) mass is 814 g/mol. The smallest absolute Gasteiger partial charge is 0.327 e. The lowest BCUT2D eigenvalue weighted by Crippen LogP contribution is -2.44. The van der Waals surface area contributed by atoms with E-state index in [4.69, 9.17) is 4.74 Å². The number of aliphatic carboxylic acids is 2. The maximum atomic E-state index is 13.1. The Balaban J connectivity index is 0.994. The second-order valence-corrected chi connectivity index (χ2v) is 15.5. The molecular formula is C38H38N8O9S2. The van der Waals surface area contributed by atoms with Crippen LogP contribution in [0.4, 0.5) is 11.5 Å². The molecule has 6 rings (SSSR count). The molecule has 0 radical (unpaired) electrons. The lowest BCUT2D eigenvalue weighted by Gasteiger charge is -2.19. The quantitative estimate of drug-likeness (QED) is 0.0616. The second-order valence-electron chi connectivity index (χ2n) is 13.1. The number of carbonyl (C=O) groups excluding carboxylic acids is 3. The van der Waals surface area contributed by atoms with Crippen LogP contribution in [-0.4, -0.2) is 102 Å². The number of carboxylic acids is 2. The van der Waals surface area contributed by atoms with Gasteiger partial charge in [-0.1, -0.05) is 27.7 Å². The van der Waals surface area contributed by atoms with Crippen molar-refractivity contribution in [3.8, 4) is 0 Å². The Morgan fingerprint density at radius 2 is 1.75 bits per heavy atom. The molecular weight excluding hydrogens is 777 g/mol. The Morgan fingerprint density at radius 3 is 2.49 bits per heavy atom. The number of carbonyl (C=O) groups is 5. The van der Waals surface area contributed by atoms with Crippen LogP contribution in [0.3, 0.4) is 0 Å². The van der Waals surface area contributed by atoms with E-state index < -0.39 is 41.4 Å². The number of rotatable bonds is 18. The van der Waals surface area contributed by atoms with E-state index in [2.05, 4.69) is 35.6 Å². The van der Waals surface area contributed by atoms with Gasteiger partial charge in [0.05, 0.1) is 24.1 Å². The number of benzene rings is 2. The van der Waals surface area contributed by atoms with Gasteiger partial charge < -0.3 is 35.5 Å². The third-order valence-corrected chi connectivity index (χ3v) is 11.6. The molecule has 0 spiro atoms. The number of fused-ring (bicyclic) bond motifs is 2. The number of carboxylic acid groups (broad SMARTS) is 2. The Kier molecular flexibility index (Phi) is 13.4. The standard InChI is InChI=1S/C38H38N8O9S2/c1-46(30-18-40-34-33(45-30)36(50)42-20-41-34)22-8-6-21(7-9-22)35(49)44-26(37(51)52)12-15-31(48)43-27(38(53)54)19-56-57-29-14-11-24(25-5-2-16-39-32(25)29)28(47)13-10-23-4-3-17-55-23/h2,5-9,11,14,16,18,20,23,26-27H,3-4,10,12-13,15,17,19H2,1H3,(H,43,48)(H,44,49)(H,51,52)(H,53,54)(H,40,41,42,50)/t23?,26-,27?/m0/s1. The SMILES string of the molecule is CN(c1ccc(C(=O)N[C@@H](CCC(=O)NC(CSSc2ccc(C(=O)CCC3CCCO3)c3cccnc23)C(=O)O)C(=O)O)cc1)c1cnc2nc[nH]c(=O)c2n1. The number of ketones is 1. The number of hydrogen-bond acceptors (Lipinski definition) is 14. The molecule has 5 N–H and O–H groups in total. The van der Waals surface area contributed by atoms with Crippen LogP contribution in [0.5, 0.6) is 0 Å². The summed E-state index contributed by atoms with van der Waals surface area (Å²) in [6.07, 6.45) is 6.69. The summed E-state index contributed by atoms with van der Waals surface area (Å²) in [6.45, 7) is 0.723. The minimum absolute atomic E-state index is 0.00270. The first-order valence-electron chi connectivity index (χ1n) is 17.9. The predicted octanol–water partition coefficient (Wildman–Crippen LogP) is 4.14. The number of ether oxygens (including phenoxy) is 1. The van der Waals surface area contributed by atoms with Gasteiger partial charge in [-0.25, -0.2) is 24.5 Å². The highest BCUT2D eigenvalue weighted by molar-refractivity contribution is 8.76. The van der Waals surface area contributed by atoms with Crippen LogP contribution < -0.4 is 21.1 Å². The van der Waals surface area contributed by atoms with Gasteiger partial charge in [-0.2, -0.15) is 0 Å². The van der Waals surface area contributed by atoms with Gasteiger partial charge in [-0.05, 0) is 68.1 Å². The van der Waals surface area contributed by atoms with Gasteiger partial charge in [0.25, 0.3) is 11.5 Å². The van der Waals surface area contributed by atoms with Crippen molar-refractivity contribution in [3.05, 3.63) is 88.7 Å². The molecule has 1 saturated heterocycles. The second kappa shape index (κ2) is 18.8. The summed E-state index contributed by atoms with van der Waals surface area (Å²) in [5.41, 5.74) is 1.70. The first-order chi connectivity index (χ1) is 27.5. The summed E-state index contributed by atoms with van der Waals surface area (Å²) in [7, 11) is 4.13. The first-order valence-corrected chi connectivity index (χ1v) is 20.2. The van der Waals surface area contributed by atoms with Crippen molar-refractivity contribution >= 4 is 84.7 Å². The molecule has 3 aromatic heterocycles. The van der Waals surface area contributed by atoms with E-state index in [-0.39, 0.29) is 47.2 Å². The van der Waals surface area contributed by atoms with Crippen LogP contribution in [-0.2, 0) is 19.1 Å². The van der Waals surface area contributed by atoms with Gasteiger partial charge in [0, 0.05) is 65.5 Å². The van der Waals surface area contributed by atoms with Gasteiger partial charge in [-0.15, -0.1) is 0 Å².